The monoisotopic (exact) mass is 402 g/mol. The highest BCUT2D eigenvalue weighted by Gasteiger charge is 2.27. The fourth-order valence-electron chi connectivity index (χ4n) is 4.85. The van der Waals surface area contributed by atoms with Gasteiger partial charge in [0.15, 0.2) is 5.82 Å². The highest BCUT2D eigenvalue weighted by molar-refractivity contribution is 7.26. The van der Waals surface area contributed by atoms with Crippen LogP contribution >= 0.6 is 11.3 Å². The first kappa shape index (κ1) is 17.3. The number of piperazine rings is 1. The molecule has 0 atom stereocenters. The van der Waals surface area contributed by atoms with Gasteiger partial charge in [0.2, 0.25) is 0 Å². The second-order valence-corrected chi connectivity index (χ2v) is 9.24. The lowest BCUT2D eigenvalue weighted by Gasteiger charge is -2.30. The van der Waals surface area contributed by atoms with E-state index in [0.29, 0.717) is 0 Å². The standard InChI is InChI=1S/C23H23N5S/c1-27-10-12-28(13-11-27)22-21-20(24-14-25-22)18-16-8-5-9-17(16)19(26-23(18)29-21)15-6-3-2-4-7-15/h2-4,6-7,14H,5,8-13H2,1H3/p+1. The van der Waals surface area contributed by atoms with Crippen LogP contribution in [-0.2, 0) is 12.8 Å². The first-order valence-electron chi connectivity index (χ1n) is 10.5. The van der Waals surface area contributed by atoms with E-state index >= 15 is 0 Å². The fraction of sp³-hybridized carbons (Fsp3) is 0.348. The maximum Gasteiger partial charge on any atom is 0.150 e. The highest BCUT2D eigenvalue weighted by Crippen LogP contribution is 2.43. The van der Waals surface area contributed by atoms with E-state index in [1.54, 1.807) is 22.6 Å². The quantitative estimate of drug-likeness (QED) is 0.560. The number of fused-ring (bicyclic) bond motifs is 5. The molecular formula is C23H24N5S+. The van der Waals surface area contributed by atoms with Gasteiger partial charge >= 0.3 is 0 Å². The fourth-order valence-corrected chi connectivity index (χ4v) is 6.02. The average molecular weight is 403 g/mol. The van der Waals surface area contributed by atoms with Crippen molar-refractivity contribution in [3.63, 3.8) is 0 Å². The van der Waals surface area contributed by atoms with Crippen LogP contribution in [0.2, 0.25) is 0 Å². The Bertz CT molecular complexity index is 1210. The number of rotatable bonds is 2. The number of nitrogens with one attached hydrogen (secondary N) is 1. The van der Waals surface area contributed by atoms with Crippen LogP contribution in [0.4, 0.5) is 5.82 Å². The number of benzene rings is 1. The van der Waals surface area contributed by atoms with E-state index in [-0.39, 0.29) is 0 Å². The van der Waals surface area contributed by atoms with E-state index in [0.717, 1.165) is 60.9 Å². The molecule has 1 saturated heterocycles. The molecule has 1 aliphatic carbocycles. The van der Waals surface area contributed by atoms with Crippen molar-refractivity contribution < 1.29 is 4.90 Å². The molecule has 0 spiro atoms. The van der Waals surface area contributed by atoms with Crippen molar-refractivity contribution >= 4 is 37.6 Å². The van der Waals surface area contributed by atoms with Crippen molar-refractivity contribution in [3.05, 3.63) is 47.8 Å². The molecule has 0 radical (unpaired) electrons. The van der Waals surface area contributed by atoms with Crippen molar-refractivity contribution in [2.45, 2.75) is 19.3 Å². The zero-order valence-electron chi connectivity index (χ0n) is 16.6. The Morgan fingerprint density at radius 2 is 1.79 bits per heavy atom. The second kappa shape index (κ2) is 6.75. The van der Waals surface area contributed by atoms with Crippen molar-refractivity contribution in [1.29, 1.82) is 0 Å². The van der Waals surface area contributed by atoms with Gasteiger partial charge in [-0.05, 0) is 30.4 Å². The maximum atomic E-state index is 5.18. The minimum Gasteiger partial charge on any atom is -0.344 e. The van der Waals surface area contributed by atoms with E-state index in [4.69, 9.17) is 15.0 Å². The summed E-state index contributed by atoms with van der Waals surface area (Å²) >= 11 is 1.77. The molecule has 6 heteroatoms. The summed E-state index contributed by atoms with van der Waals surface area (Å²) in [5, 5.41) is 1.28. The van der Waals surface area contributed by atoms with Crippen molar-refractivity contribution in [2.24, 2.45) is 0 Å². The summed E-state index contributed by atoms with van der Waals surface area (Å²) in [6.45, 7) is 4.41. The number of hydrogen-bond acceptors (Lipinski definition) is 5. The molecule has 1 fully saturated rings. The minimum atomic E-state index is 1.05. The summed E-state index contributed by atoms with van der Waals surface area (Å²) in [5.41, 5.74) is 6.37. The van der Waals surface area contributed by atoms with Gasteiger partial charge in [0, 0.05) is 10.9 Å². The number of likely N-dealkylation sites (N-methyl/N-ethyl adjacent to an activating group) is 1. The van der Waals surface area contributed by atoms with Crippen LogP contribution in [0.1, 0.15) is 17.5 Å². The van der Waals surface area contributed by atoms with Crippen LogP contribution in [-0.4, -0.2) is 48.2 Å². The van der Waals surface area contributed by atoms with E-state index in [2.05, 4.69) is 42.3 Å². The number of aryl methyl sites for hydroxylation is 1. The van der Waals surface area contributed by atoms with Crippen LogP contribution in [0.3, 0.4) is 0 Å². The van der Waals surface area contributed by atoms with Gasteiger partial charge in [-0.2, -0.15) is 0 Å². The second-order valence-electron chi connectivity index (χ2n) is 8.24. The number of thiophene rings is 1. The zero-order chi connectivity index (χ0) is 19.4. The highest BCUT2D eigenvalue weighted by atomic mass is 32.1. The Hall–Kier alpha value is -2.57. The van der Waals surface area contributed by atoms with Crippen LogP contribution in [0.15, 0.2) is 36.7 Å². The lowest BCUT2D eigenvalue weighted by Crippen LogP contribution is -3.12. The summed E-state index contributed by atoms with van der Waals surface area (Å²) in [5.74, 6) is 1.10. The summed E-state index contributed by atoms with van der Waals surface area (Å²) < 4.78 is 1.20. The molecular weight excluding hydrogens is 378 g/mol. The molecule has 6 rings (SSSR count). The van der Waals surface area contributed by atoms with Crippen molar-refractivity contribution in [3.8, 4) is 11.3 Å². The Morgan fingerprint density at radius 3 is 2.62 bits per heavy atom. The predicted molar refractivity (Wildman–Crippen MR) is 119 cm³/mol. The number of hydrogen-bond donors (Lipinski definition) is 1. The van der Waals surface area contributed by atoms with Gasteiger partial charge < -0.3 is 9.80 Å². The summed E-state index contributed by atoms with van der Waals surface area (Å²) in [6.07, 6.45) is 5.18. The third-order valence-corrected chi connectivity index (χ3v) is 7.49. The molecule has 2 aliphatic rings. The molecule has 0 bridgehead atoms. The average Bonchev–Trinajstić information content (AvgIpc) is 3.38. The molecule has 0 amide bonds. The molecule has 1 aromatic carbocycles. The molecule has 4 heterocycles. The van der Waals surface area contributed by atoms with Gasteiger partial charge in [0.25, 0.3) is 0 Å². The smallest absolute Gasteiger partial charge is 0.150 e. The van der Waals surface area contributed by atoms with Gasteiger partial charge in [-0.25, -0.2) is 15.0 Å². The molecule has 1 N–H and O–H groups in total. The Kier molecular flexibility index (Phi) is 4.03. The van der Waals surface area contributed by atoms with E-state index in [1.807, 2.05) is 0 Å². The molecule has 5 nitrogen and oxygen atoms in total. The summed E-state index contributed by atoms with van der Waals surface area (Å²) in [7, 11) is 2.27. The van der Waals surface area contributed by atoms with E-state index in [1.165, 1.54) is 33.2 Å². The third-order valence-electron chi connectivity index (χ3n) is 6.42. The molecule has 146 valence electrons. The van der Waals surface area contributed by atoms with Crippen LogP contribution in [0.5, 0.6) is 0 Å². The Morgan fingerprint density at radius 1 is 1.00 bits per heavy atom. The SMILES string of the molecule is C[NH+]1CCN(c2ncnc3c2sc2nc(-c4ccccc4)c4c(c23)CCC4)CC1. The number of aromatic nitrogens is 3. The third kappa shape index (κ3) is 2.74. The molecule has 0 unspecified atom stereocenters. The molecule has 3 aromatic heterocycles. The van der Waals surface area contributed by atoms with Crippen molar-refractivity contribution in [2.75, 3.05) is 38.1 Å². The van der Waals surface area contributed by atoms with Gasteiger partial charge in [0.1, 0.15) is 11.2 Å². The molecule has 1 aliphatic heterocycles. The number of pyridine rings is 1. The first-order valence-corrected chi connectivity index (χ1v) is 11.3. The summed E-state index contributed by atoms with van der Waals surface area (Å²) in [6, 6.07) is 10.6. The lowest BCUT2D eigenvalue weighted by molar-refractivity contribution is -0.880. The zero-order valence-corrected chi connectivity index (χ0v) is 17.4. The lowest BCUT2D eigenvalue weighted by atomic mass is 10.0. The number of nitrogens with zero attached hydrogens (tertiary/aromatic N) is 4. The van der Waals surface area contributed by atoms with Gasteiger partial charge in [0.05, 0.1) is 49.1 Å². The van der Waals surface area contributed by atoms with Gasteiger partial charge in [-0.1, -0.05) is 30.3 Å². The first-order chi connectivity index (χ1) is 14.3. The largest absolute Gasteiger partial charge is 0.344 e. The molecule has 29 heavy (non-hydrogen) atoms. The van der Waals surface area contributed by atoms with Gasteiger partial charge in [-0.15, -0.1) is 11.3 Å². The van der Waals surface area contributed by atoms with E-state index in [9.17, 15) is 0 Å². The van der Waals surface area contributed by atoms with Gasteiger partial charge in [-0.3, -0.25) is 0 Å². The normalized spacial score (nSPS) is 17.3. The number of quaternary nitrogens is 1. The van der Waals surface area contributed by atoms with Crippen molar-refractivity contribution in [1.82, 2.24) is 15.0 Å². The van der Waals surface area contributed by atoms with Crippen LogP contribution in [0.25, 0.3) is 31.7 Å². The molecule has 0 saturated carbocycles. The Balaban J connectivity index is 1.58. The van der Waals surface area contributed by atoms with E-state index < -0.39 is 0 Å². The number of anilines is 1. The van der Waals surface area contributed by atoms with Crippen LogP contribution < -0.4 is 9.80 Å². The molecule has 4 aromatic rings. The topological polar surface area (TPSA) is 46.4 Å². The van der Waals surface area contributed by atoms with Crippen LogP contribution in [0, 0.1) is 0 Å². The minimum absolute atomic E-state index is 1.05. The summed E-state index contributed by atoms with van der Waals surface area (Å²) in [4.78, 5) is 19.8. The Labute approximate surface area is 174 Å². The predicted octanol–water partition coefficient (Wildman–Crippen LogP) is 2.73. The maximum absolute atomic E-state index is 5.18.